The molecule has 0 amide bonds. The van der Waals surface area contributed by atoms with Crippen LogP contribution in [-0.4, -0.2) is 29.1 Å². The van der Waals surface area contributed by atoms with Gasteiger partial charge < -0.3 is 15.7 Å². The van der Waals surface area contributed by atoms with Crippen molar-refractivity contribution in [2.45, 2.75) is 26.0 Å². The van der Waals surface area contributed by atoms with E-state index in [4.69, 9.17) is 0 Å². The number of thiophene rings is 1. The van der Waals surface area contributed by atoms with Crippen LogP contribution in [0.3, 0.4) is 0 Å². The second-order valence-electron chi connectivity index (χ2n) is 6.32. The summed E-state index contributed by atoms with van der Waals surface area (Å²) in [6, 6.07) is 12.0. The Labute approximate surface area is 157 Å². The molecule has 136 valence electrons. The van der Waals surface area contributed by atoms with E-state index in [1.807, 2.05) is 61.1 Å². The Hall–Kier alpha value is -2.44. The number of aromatic nitrogens is 1. The van der Waals surface area contributed by atoms with Crippen molar-refractivity contribution in [2.75, 3.05) is 13.1 Å². The maximum absolute atomic E-state index is 10.7. The maximum atomic E-state index is 10.7. The van der Waals surface area contributed by atoms with Crippen molar-refractivity contribution in [3.63, 3.8) is 0 Å². The number of aliphatic hydroxyl groups is 1. The summed E-state index contributed by atoms with van der Waals surface area (Å²) in [5.41, 5.74) is 2.06. The van der Waals surface area contributed by atoms with E-state index in [0.717, 1.165) is 28.6 Å². The van der Waals surface area contributed by atoms with Gasteiger partial charge in [0.15, 0.2) is 5.96 Å². The molecule has 0 aliphatic heterocycles. The molecule has 0 aliphatic rings. The van der Waals surface area contributed by atoms with E-state index in [1.165, 1.54) is 0 Å². The average Bonchev–Trinajstić information content (AvgIpc) is 3.20. The number of benzene rings is 1. The third-order valence-corrected chi connectivity index (χ3v) is 4.92. The maximum Gasteiger partial charge on any atom is 0.191 e. The van der Waals surface area contributed by atoms with Crippen LogP contribution < -0.4 is 10.6 Å². The molecule has 3 aromatic rings. The lowest BCUT2D eigenvalue weighted by Gasteiger charge is -2.24. The molecular weight excluding hydrogens is 344 g/mol. The molecule has 2 aromatic heterocycles. The molecule has 0 saturated heterocycles. The zero-order valence-electron chi connectivity index (χ0n) is 15.1. The molecular formula is C20H24N4OS. The molecule has 0 bridgehead atoms. The number of rotatable bonds is 6. The molecule has 1 atom stereocenters. The number of pyridine rings is 1. The van der Waals surface area contributed by atoms with Crippen LogP contribution in [0.4, 0.5) is 0 Å². The summed E-state index contributed by atoms with van der Waals surface area (Å²) in [7, 11) is 0. The lowest BCUT2D eigenvalue weighted by Crippen LogP contribution is -2.44. The molecule has 5 nitrogen and oxygen atoms in total. The second kappa shape index (κ2) is 8.29. The first kappa shape index (κ1) is 18.4. The molecule has 0 radical (unpaired) electrons. The van der Waals surface area contributed by atoms with Crippen molar-refractivity contribution in [3.05, 3.63) is 64.5 Å². The first-order valence-electron chi connectivity index (χ1n) is 8.70. The van der Waals surface area contributed by atoms with E-state index in [2.05, 4.69) is 26.7 Å². The monoisotopic (exact) mass is 368 g/mol. The number of fused-ring (bicyclic) bond motifs is 1. The Morgan fingerprint density at radius 3 is 2.85 bits per heavy atom. The highest BCUT2D eigenvalue weighted by molar-refractivity contribution is 7.08. The molecule has 0 spiro atoms. The summed E-state index contributed by atoms with van der Waals surface area (Å²) < 4.78 is 0. The Bertz CT molecular complexity index is 869. The molecule has 1 aromatic carbocycles. The molecule has 2 heterocycles. The third-order valence-electron chi connectivity index (χ3n) is 4.23. The number of para-hydroxylation sites is 1. The van der Waals surface area contributed by atoms with Crippen molar-refractivity contribution >= 4 is 28.2 Å². The molecule has 0 fully saturated rings. The van der Waals surface area contributed by atoms with Crippen LogP contribution in [0, 0.1) is 0 Å². The first-order chi connectivity index (χ1) is 12.6. The van der Waals surface area contributed by atoms with Gasteiger partial charge in [0.1, 0.15) is 5.60 Å². The zero-order chi connectivity index (χ0) is 18.4. The van der Waals surface area contributed by atoms with Crippen molar-refractivity contribution < 1.29 is 5.11 Å². The fraction of sp³-hybridized carbons (Fsp3) is 0.300. The fourth-order valence-corrected chi connectivity index (χ4v) is 3.51. The van der Waals surface area contributed by atoms with E-state index in [1.54, 1.807) is 11.3 Å². The number of nitrogens with zero attached hydrogens (tertiary/aromatic N) is 2. The standard InChI is InChI=1S/C20H24N4OS/c1-3-21-19(24-14-20(2,25)16-9-11-26-13-16)23-12-15-8-10-22-18-7-5-4-6-17(15)18/h4-11,13,25H,3,12,14H2,1-2H3,(H2,21,23,24). The van der Waals surface area contributed by atoms with Gasteiger partial charge in [0.25, 0.3) is 0 Å². The van der Waals surface area contributed by atoms with Crippen LogP contribution in [0.1, 0.15) is 25.0 Å². The van der Waals surface area contributed by atoms with Gasteiger partial charge in [-0.15, -0.1) is 0 Å². The van der Waals surface area contributed by atoms with Crippen molar-refractivity contribution in [1.29, 1.82) is 0 Å². The highest BCUT2D eigenvalue weighted by atomic mass is 32.1. The predicted molar refractivity (Wildman–Crippen MR) is 108 cm³/mol. The van der Waals surface area contributed by atoms with Gasteiger partial charge in [0, 0.05) is 18.1 Å². The van der Waals surface area contributed by atoms with Gasteiger partial charge in [-0.2, -0.15) is 11.3 Å². The highest BCUT2D eigenvalue weighted by Crippen LogP contribution is 2.22. The van der Waals surface area contributed by atoms with E-state index in [9.17, 15) is 5.11 Å². The second-order valence-corrected chi connectivity index (χ2v) is 7.10. The number of aliphatic imine (C=N–C) groups is 1. The number of hydrogen-bond acceptors (Lipinski definition) is 4. The van der Waals surface area contributed by atoms with Crippen LogP contribution in [0.15, 0.2) is 58.3 Å². The Balaban J connectivity index is 1.73. The molecule has 0 aliphatic carbocycles. The topological polar surface area (TPSA) is 69.5 Å². The predicted octanol–water partition coefficient (Wildman–Crippen LogP) is 3.26. The summed E-state index contributed by atoms with van der Waals surface area (Å²) in [6.07, 6.45) is 1.81. The first-order valence-corrected chi connectivity index (χ1v) is 9.64. The van der Waals surface area contributed by atoms with Gasteiger partial charge >= 0.3 is 0 Å². The SMILES string of the molecule is CCNC(=NCc1ccnc2ccccc12)NCC(C)(O)c1ccsc1. The number of nitrogens with one attached hydrogen (secondary N) is 2. The van der Waals surface area contributed by atoms with Gasteiger partial charge in [-0.1, -0.05) is 18.2 Å². The molecule has 0 saturated carbocycles. The quantitative estimate of drug-likeness (QED) is 0.461. The van der Waals surface area contributed by atoms with Crippen LogP contribution in [0.25, 0.3) is 10.9 Å². The third kappa shape index (κ3) is 4.39. The Morgan fingerprint density at radius 2 is 2.08 bits per heavy atom. The molecule has 3 rings (SSSR count). The van der Waals surface area contributed by atoms with Crippen LogP contribution >= 0.6 is 11.3 Å². The summed E-state index contributed by atoms with van der Waals surface area (Å²) in [4.78, 5) is 9.07. The molecule has 1 unspecified atom stereocenters. The van der Waals surface area contributed by atoms with Crippen LogP contribution in [0.2, 0.25) is 0 Å². The smallest absolute Gasteiger partial charge is 0.191 e. The summed E-state index contributed by atoms with van der Waals surface area (Å²) in [6.45, 7) is 5.51. The Morgan fingerprint density at radius 1 is 1.23 bits per heavy atom. The summed E-state index contributed by atoms with van der Waals surface area (Å²) in [5.74, 6) is 0.684. The zero-order valence-corrected chi connectivity index (χ0v) is 15.9. The normalized spacial score (nSPS) is 14.2. The minimum Gasteiger partial charge on any atom is -0.384 e. The van der Waals surface area contributed by atoms with E-state index in [0.29, 0.717) is 19.0 Å². The van der Waals surface area contributed by atoms with Crippen LogP contribution in [-0.2, 0) is 12.1 Å². The molecule has 26 heavy (non-hydrogen) atoms. The van der Waals surface area contributed by atoms with Gasteiger partial charge in [0.2, 0.25) is 0 Å². The minimum absolute atomic E-state index is 0.382. The van der Waals surface area contributed by atoms with Crippen LogP contribution in [0.5, 0.6) is 0 Å². The van der Waals surface area contributed by atoms with E-state index < -0.39 is 5.60 Å². The minimum atomic E-state index is -0.945. The summed E-state index contributed by atoms with van der Waals surface area (Å²) in [5, 5.41) is 22.2. The number of guanidine groups is 1. The van der Waals surface area contributed by atoms with Crippen molar-refractivity contribution in [2.24, 2.45) is 4.99 Å². The average molecular weight is 369 g/mol. The lowest BCUT2D eigenvalue weighted by atomic mass is 9.99. The fourth-order valence-electron chi connectivity index (χ4n) is 2.73. The van der Waals surface area contributed by atoms with Crippen molar-refractivity contribution in [3.8, 4) is 0 Å². The number of hydrogen-bond donors (Lipinski definition) is 3. The Kier molecular flexibility index (Phi) is 5.85. The summed E-state index contributed by atoms with van der Waals surface area (Å²) >= 11 is 1.58. The van der Waals surface area contributed by atoms with Gasteiger partial charge in [0.05, 0.1) is 18.6 Å². The highest BCUT2D eigenvalue weighted by Gasteiger charge is 2.23. The molecule has 6 heteroatoms. The van der Waals surface area contributed by atoms with E-state index >= 15 is 0 Å². The molecule has 3 N–H and O–H groups in total. The van der Waals surface area contributed by atoms with E-state index in [-0.39, 0.29) is 0 Å². The van der Waals surface area contributed by atoms with Crippen molar-refractivity contribution in [1.82, 2.24) is 15.6 Å². The van der Waals surface area contributed by atoms with Gasteiger partial charge in [-0.05, 0) is 53.9 Å². The largest absolute Gasteiger partial charge is 0.384 e. The van der Waals surface area contributed by atoms with Gasteiger partial charge in [-0.25, -0.2) is 4.99 Å². The lowest BCUT2D eigenvalue weighted by molar-refractivity contribution is 0.0621. The van der Waals surface area contributed by atoms with Gasteiger partial charge in [-0.3, -0.25) is 4.98 Å².